The molecule has 0 spiro atoms. The molecular weight excluding hydrogens is 1090 g/mol. The zero-order valence-electron chi connectivity index (χ0n) is 48.6. The standard InChI is InChI=1S/C78H60B2N4Se/c1-77(2,3)57-38-40-63-62(47-57)80-72-66(81(63)59-43-53(49-23-11-7-12-24-49)41-54(44-59)50-25-13-8-14-26-50)33-21-36-69(72)84-65-32-20-19-31-64(65)83-68-35-22-34-67-71(68)79(75-73(83)74(84)76(80)85-75)61-39-37-58(78(4,5)6)48-70(61)82(67)60-45-55(51-27-15-9-16-28-51)42-56(46-60)52-29-17-10-18-30-52/h7-48H,1-6H3. The molecule has 0 radical (unpaired) electrons. The van der Waals surface area contributed by atoms with E-state index in [1.165, 1.54) is 139 Å². The monoisotopic (exact) mass is 1150 g/mol. The number of fused-ring (bicyclic) bond motifs is 11. The Hall–Kier alpha value is -9.25. The molecule has 1 aromatic heterocycles. The van der Waals surface area contributed by atoms with Crippen molar-refractivity contribution in [3.63, 3.8) is 0 Å². The van der Waals surface area contributed by atoms with Gasteiger partial charge in [0.05, 0.1) is 0 Å². The zero-order valence-corrected chi connectivity index (χ0v) is 50.3. The average Bonchev–Trinajstić information content (AvgIpc) is 1.65. The van der Waals surface area contributed by atoms with Crippen molar-refractivity contribution in [2.75, 3.05) is 19.6 Å². The van der Waals surface area contributed by atoms with E-state index in [4.69, 9.17) is 0 Å². The first kappa shape index (κ1) is 50.3. The molecule has 404 valence electrons. The third-order valence-corrected chi connectivity index (χ3v) is 21.3. The van der Waals surface area contributed by atoms with Gasteiger partial charge in [-0.15, -0.1) is 0 Å². The quantitative estimate of drug-likeness (QED) is 0.154. The molecule has 0 unspecified atom stereocenters. The summed E-state index contributed by atoms with van der Waals surface area (Å²) in [6.07, 6.45) is 0. The van der Waals surface area contributed by atoms with Gasteiger partial charge in [-0.1, -0.05) is 0 Å². The molecule has 0 aliphatic carbocycles. The summed E-state index contributed by atoms with van der Waals surface area (Å²) >= 11 is -0.0745. The van der Waals surface area contributed by atoms with Crippen molar-refractivity contribution in [2.45, 2.75) is 52.4 Å². The topological polar surface area (TPSA) is 13.0 Å². The first-order valence-corrected chi connectivity index (χ1v) is 31.7. The Morgan fingerprint density at radius 3 is 1.05 bits per heavy atom. The summed E-state index contributed by atoms with van der Waals surface area (Å²) in [5.41, 5.74) is 32.6. The minimum absolute atomic E-state index is 0.0251. The van der Waals surface area contributed by atoms with Crippen LogP contribution in [0.25, 0.3) is 44.5 Å². The SMILES string of the molecule is CC(C)(C)c1ccc2c(c1)B1c3[se]c4c5c3N(c3ccccc3N5c3cccc5c3B4c3ccc(C(C)(C)C)cc3N5c3cc(-c4ccccc4)cc(-c4ccccc4)c3)c3cccc(c31)N2c1cc(-c2ccccc2)cc(-c2ccccc2)c1. The number of benzene rings is 11. The van der Waals surface area contributed by atoms with Crippen molar-refractivity contribution in [1.29, 1.82) is 0 Å². The Balaban J connectivity index is 0.930. The van der Waals surface area contributed by atoms with Crippen molar-refractivity contribution in [1.82, 2.24) is 0 Å². The van der Waals surface area contributed by atoms with Gasteiger partial charge in [-0.3, -0.25) is 0 Å². The fourth-order valence-corrected chi connectivity index (χ4v) is 17.8. The van der Waals surface area contributed by atoms with Crippen LogP contribution in [0.3, 0.4) is 0 Å². The number of nitrogens with zero attached hydrogens (tertiary/aromatic N) is 4. The fraction of sp³-hybridized carbons (Fsp3) is 0.103. The summed E-state index contributed by atoms with van der Waals surface area (Å²) in [5, 5.41) is 0. The molecule has 6 heterocycles. The second kappa shape index (κ2) is 18.6. The zero-order chi connectivity index (χ0) is 57.0. The van der Waals surface area contributed by atoms with Crippen molar-refractivity contribution >= 4 is 127 Å². The molecule has 0 saturated heterocycles. The van der Waals surface area contributed by atoms with Gasteiger partial charge in [0.15, 0.2) is 0 Å². The van der Waals surface area contributed by atoms with Crippen LogP contribution >= 0.6 is 0 Å². The Labute approximate surface area is 505 Å². The van der Waals surface area contributed by atoms with Crippen molar-refractivity contribution in [3.8, 4) is 44.5 Å². The number of hydrogen-bond acceptors (Lipinski definition) is 4. The Bertz CT molecular complexity index is 4600. The summed E-state index contributed by atoms with van der Waals surface area (Å²) in [6, 6.07) is 96.6. The Morgan fingerprint density at radius 2 is 0.624 bits per heavy atom. The maximum absolute atomic E-state index is 2.70. The van der Waals surface area contributed by atoms with E-state index >= 15 is 0 Å². The van der Waals surface area contributed by atoms with Crippen LogP contribution in [0.1, 0.15) is 52.7 Å². The van der Waals surface area contributed by atoms with Crippen LogP contribution in [0.15, 0.2) is 255 Å². The van der Waals surface area contributed by atoms with Gasteiger partial charge in [-0.25, -0.2) is 0 Å². The van der Waals surface area contributed by atoms with Crippen molar-refractivity contribution in [2.24, 2.45) is 0 Å². The van der Waals surface area contributed by atoms with Gasteiger partial charge >= 0.3 is 509 Å². The van der Waals surface area contributed by atoms with Gasteiger partial charge in [-0.2, -0.15) is 0 Å². The van der Waals surface area contributed by atoms with Crippen LogP contribution in [0.2, 0.25) is 0 Å². The van der Waals surface area contributed by atoms with E-state index in [1.807, 2.05) is 0 Å². The molecule has 0 atom stereocenters. The van der Waals surface area contributed by atoms with E-state index in [0.29, 0.717) is 0 Å². The molecule has 12 aromatic rings. The molecule has 11 aromatic carbocycles. The van der Waals surface area contributed by atoms with Crippen LogP contribution < -0.4 is 50.1 Å². The molecule has 0 saturated carbocycles. The van der Waals surface area contributed by atoms with Crippen LogP contribution in [-0.2, 0) is 10.8 Å². The summed E-state index contributed by atoms with van der Waals surface area (Å²) in [4.78, 5) is 10.6. The van der Waals surface area contributed by atoms with Gasteiger partial charge < -0.3 is 0 Å². The normalized spacial score (nSPS) is 13.9. The van der Waals surface area contributed by atoms with Gasteiger partial charge in [0.2, 0.25) is 0 Å². The molecule has 0 N–H and O–H groups in total. The van der Waals surface area contributed by atoms with E-state index in [1.54, 1.807) is 4.34 Å². The summed E-state index contributed by atoms with van der Waals surface area (Å²) < 4.78 is 3.08. The van der Waals surface area contributed by atoms with E-state index in [-0.39, 0.29) is 38.8 Å². The molecule has 5 aliphatic rings. The van der Waals surface area contributed by atoms with Gasteiger partial charge in [0.1, 0.15) is 0 Å². The van der Waals surface area contributed by atoms with E-state index in [0.717, 1.165) is 11.4 Å². The molecule has 0 bridgehead atoms. The van der Waals surface area contributed by atoms with Crippen molar-refractivity contribution < 1.29 is 0 Å². The van der Waals surface area contributed by atoms with Crippen molar-refractivity contribution in [3.05, 3.63) is 266 Å². The van der Waals surface area contributed by atoms with E-state index in [9.17, 15) is 0 Å². The summed E-state index contributed by atoms with van der Waals surface area (Å²) in [5.74, 6) is 0. The average molecular weight is 1150 g/mol. The minimum atomic E-state index is -0.0790. The van der Waals surface area contributed by atoms with Gasteiger partial charge in [-0.05, 0) is 0 Å². The predicted octanol–water partition coefficient (Wildman–Crippen LogP) is 16.5. The Morgan fingerprint density at radius 1 is 0.271 bits per heavy atom. The predicted molar refractivity (Wildman–Crippen MR) is 364 cm³/mol. The third kappa shape index (κ3) is 7.63. The first-order chi connectivity index (χ1) is 41.4. The van der Waals surface area contributed by atoms with Crippen LogP contribution in [0, 0.1) is 0 Å². The second-order valence-corrected chi connectivity index (χ2v) is 28.0. The molecule has 7 heteroatoms. The number of anilines is 12. The molecule has 0 amide bonds. The summed E-state index contributed by atoms with van der Waals surface area (Å²) in [7, 11) is 0. The molecule has 5 aliphatic heterocycles. The molecule has 0 fully saturated rings. The van der Waals surface area contributed by atoms with E-state index in [2.05, 4.69) is 316 Å². The number of rotatable bonds is 6. The maximum atomic E-state index is 2.70. The first-order valence-electron chi connectivity index (χ1n) is 30.0. The second-order valence-electron chi connectivity index (χ2n) is 25.7. The van der Waals surface area contributed by atoms with Gasteiger partial charge in [0.25, 0.3) is 0 Å². The summed E-state index contributed by atoms with van der Waals surface area (Å²) in [6.45, 7) is 14.2. The molecule has 85 heavy (non-hydrogen) atoms. The van der Waals surface area contributed by atoms with Crippen LogP contribution in [0.5, 0.6) is 0 Å². The number of hydrogen-bond donors (Lipinski definition) is 0. The Kier molecular flexibility index (Phi) is 11.0. The van der Waals surface area contributed by atoms with Crippen LogP contribution in [0.4, 0.5) is 68.2 Å². The van der Waals surface area contributed by atoms with Gasteiger partial charge in [0, 0.05) is 0 Å². The molecule has 4 nitrogen and oxygen atoms in total. The third-order valence-electron chi connectivity index (χ3n) is 18.6. The molecular formula is C78H60B2N4Se. The fourth-order valence-electron chi connectivity index (χ4n) is 14.6. The molecule has 17 rings (SSSR count). The van der Waals surface area contributed by atoms with E-state index < -0.39 is 0 Å². The number of para-hydroxylation sites is 2. The van der Waals surface area contributed by atoms with Crippen LogP contribution in [-0.4, -0.2) is 27.9 Å².